The number of carbonyl (C=O) groups is 1. The topological polar surface area (TPSA) is 74.7 Å². The minimum Gasteiger partial charge on any atom is -0.478 e. The van der Waals surface area contributed by atoms with Crippen LogP contribution in [0.5, 0.6) is 0 Å². The van der Waals surface area contributed by atoms with E-state index in [1.807, 2.05) is 0 Å². The molecule has 0 heterocycles. The van der Waals surface area contributed by atoms with E-state index in [2.05, 4.69) is 0 Å². The number of rotatable bonds is 3. The second-order valence-electron chi connectivity index (χ2n) is 3.92. The van der Waals surface area contributed by atoms with E-state index in [0.29, 0.717) is 4.31 Å². The van der Waals surface area contributed by atoms with Crippen LogP contribution in [-0.2, 0) is 16.2 Å². The Hall–Kier alpha value is -1.68. The number of benzene rings is 1. The first-order valence-electron chi connectivity index (χ1n) is 4.95. The van der Waals surface area contributed by atoms with E-state index >= 15 is 0 Å². The molecule has 0 spiro atoms. The van der Waals surface area contributed by atoms with Crippen molar-refractivity contribution in [3.8, 4) is 0 Å². The van der Waals surface area contributed by atoms with Crippen molar-refractivity contribution in [1.82, 2.24) is 4.31 Å². The van der Waals surface area contributed by atoms with Gasteiger partial charge in [0.05, 0.1) is 11.1 Å². The van der Waals surface area contributed by atoms with Crippen molar-refractivity contribution in [1.29, 1.82) is 0 Å². The molecule has 20 heavy (non-hydrogen) atoms. The molecule has 0 unspecified atom stereocenters. The van der Waals surface area contributed by atoms with Gasteiger partial charge in [-0.15, -0.1) is 0 Å². The molecule has 112 valence electrons. The SMILES string of the molecule is CN(C)S(=O)(=O)c1cc(C(=O)O)c(C(F)(F)F)cc1F. The second-order valence-corrected chi connectivity index (χ2v) is 6.04. The van der Waals surface area contributed by atoms with Gasteiger partial charge in [0, 0.05) is 14.1 Å². The highest BCUT2D eigenvalue weighted by Gasteiger charge is 2.38. The fourth-order valence-electron chi connectivity index (χ4n) is 1.36. The molecule has 10 heteroatoms. The van der Waals surface area contributed by atoms with Crippen molar-refractivity contribution < 1.29 is 35.9 Å². The summed E-state index contributed by atoms with van der Waals surface area (Å²) in [5.41, 5.74) is -3.08. The van der Waals surface area contributed by atoms with Gasteiger partial charge in [-0.1, -0.05) is 0 Å². The van der Waals surface area contributed by atoms with E-state index in [-0.39, 0.29) is 12.1 Å². The number of hydrogen-bond donors (Lipinski definition) is 1. The van der Waals surface area contributed by atoms with Crippen LogP contribution in [0, 0.1) is 5.82 Å². The predicted molar refractivity (Wildman–Crippen MR) is 59.2 cm³/mol. The standard InChI is InChI=1S/C10H9F4NO4S/c1-15(2)20(18,19)8-3-5(9(16)17)6(4-7(8)11)10(12,13)14/h3-4H,1-2H3,(H,16,17). The Labute approximate surface area is 111 Å². The zero-order valence-electron chi connectivity index (χ0n) is 10.2. The fraction of sp³-hybridized carbons (Fsp3) is 0.300. The van der Waals surface area contributed by atoms with Gasteiger partial charge in [0.2, 0.25) is 10.0 Å². The molecule has 0 fully saturated rings. The number of aromatic carboxylic acids is 1. The Kier molecular flexibility index (Phi) is 4.11. The Bertz CT molecular complexity index is 652. The van der Waals surface area contributed by atoms with Gasteiger partial charge >= 0.3 is 12.1 Å². The zero-order chi connectivity index (χ0) is 15.9. The van der Waals surface area contributed by atoms with Crippen molar-refractivity contribution >= 4 is 16.0 Å². The van der Waals surface area contributed by atoms with Crippen LogP contribution in [0.15, 0.2) is 17.0 Å². The highest BCUT2D eigenvalue weighted by Crippen LogP contribution is 2.34. The van der Waals surface area contributed by atoms with Crippen LogP contribution in [0.2, 0.25) is 0 Å². The second kappa shape index (κ2) is 5.02. The third-order valence-electron chi connectivity index (χ3n) is 2.37. The largest absolute Gasteiger partial charge is 0.478 e. The van der Waals surface area contributed by atoms with E-state index in [9.17, 15) is 30.8 Å². The van der Waals surface area contributed by atoms with Crippen LogP contribution in [0.3, 0.4) is 0 Å². The lowest BCUT2D eigenvalue weighted by Crippen LogP contribution is -2.24. The molecule has 0 aromatic heterocycles. The van der Waals surface area contributed by atoms with Crippen molar-refractivity contribution in [2.45, 2.75) is 11.1 Å². The lowest BCUT2D eigenvalue weighted by molar-refractivity contribution is -0.138. The molecule has 1 aromatic rings. The number of sulfonamides is 1. The lowest BCUT2D eigenvalue weighted by atomic mass is 10.1. The van der Waals surface area contributed by atoms with Gasteiger partial charge in [-0.05, 0) is 12.1 Å². The molecule has 5 nitrogen and oxygen atoms in total. The van der Waals surface area contributed by atoms with Gasteiger partial charge in [-0.2, -0.15) is 13.2 Å². The Morgan fingerprint density at radius 3 is 2.10 bits per heavy atom. The van der Waals surface area contributed by atoms with Gasteiger partial charge in [-0.3, -0.25) is 0 Å². The van der Waals surface area contributed by atoms with E-state index in [1.54, 1.807) is 0 Å². The van der Waals surface area contributed by atoms with E-state index in [1.165, 1.54) is 0 Å². The zero-order valence-corrected chi connectivity index (χ0v) is 11.0. The number of alkyl halides is 3. The molecule has 0 aliphatic rings. The molecule has 0 aliphatic heterocycles. The first kappa shape index (κ1) is 16.4. The van der Waals surface area contributed by atoms with Crippen molar-refractivity contribution in [2.75, 3.05) is 14.1 Å². The minimum absolute atomic E-state index is 0.139. The quantitative estimate of drug-likeness (QED) is 0.863. The number of halogens is 4. The fourth-order valence-corrected chi connectivity index (χ4v) is 2.32. The highest BCUT2D eigenvalue weighted by atomic mass is 32.2. The van der Waals surface area contributed by atoms with Crippen LogP contribution >= 0.6 is 0 Å². The Morgan fingerprint density at radius 2 is 1.75 bits per heavy atom. The monoisotopic (exact) mass is 315 g/mol. The van der Waals surface area contributed by atoms with E-state index in [0.717, 1.165) is 14.1 Å². The summed E-state index contributed by atoms with van der Waals surface area (Å²) in [5, 5.41) is 8.72. The molecule has 0 saturated carbocycles. The maximum absolute atomic E-state index is 13.6. The number of hydrogen-bond acceptors (Lipinski definition) is 3. The van der Waals surface area contributed by atoms with Crippen LogP contribution in [0.1, 0.15) is 15.9 Å². The smallest absolute Gasteiger partial charge is 0.417 e. The average molecular weight is 315 g/mol. The summed E-state index contributed by atoms with van der Waals surface area (Å²) in [6.45, 7) is 0. The molecular formula is C10H9F4NO4S. The summed E-state index contributed by atoms with van der Waals surface area (Å²) >= 11 is 0. The van der Waals surface area contributed by atoms with Gasteiger partial charge in [0.25, 0.3) is 0 Å². The predicted octanol–water partition coefficient (Wildman–Crippen LogP) is 1.79. The lowest BCUT2D eigenvalue weighted by Gasteiger charge is -2.15. The summed E-state index contributed by atoms with van der Waals surface area (Å²) < 4.78 is 75.3. The first-order valence-corrected chi connectivity index (χ1v) is 6.39. The third kappa shape index (κ3) is 2.90. The number of carboxylic acids is 1. The van der Waals surface area contributed by atoms with Gasteiger partial charge in [0.15, 0.2) is 0 Å². The summed E-state index contributed by atoms with van der Waals surface area (Å²) in [5.74, 6) is -3.68. The summed E-state index contributed by atoms with van der Waals surface area (Å²) in [7, 11) is -2.33. The minimum atomic E-state index is -5.12. The average Bonchev–Trinajstić information content (AvgIpc) is 2.26. The number of carboxylic acid groups (broad SMARTS) is 1. The van der Waals surface area contributed by atoms with Crippen LogP contribution < -0.4 is 0 Å². The van der Waals surface area contributed by atoms with Crippen molar-refractivity contribution in [3.63, 3.8) is 0 Å². The third-order valence-corrected chi connectivity index (χ3v) is 4.20. The molecule has 0 atom stereocenters. The normalized spacial score (nSPS) is 12.8. The first-order chi connectivity index (χ1) is 8.89. The number of nitrogens with zero attached hydrogens (tertiary/aromatic N) is 1. The molecule has 0 radical (unpaired) electrons. The molecule has 1 rings (SSSR count). The van der Waals surface area contributed by atoms with E-state index < -0.39 is 44.0 Å². The Balaban J connectivity index is 3.72. The highest BCUT2D eigenvalue weighted by molar-refractivity contribution is 7.89. The maximum Gasteiger partial charge on any atom is 0.417 e. The molecule has 0 aliphatic carbocycles. The molecule has 0 saturated heterocycles. The van der Waals surface area contributed by atoms with Crippen LogP contribution in [0.25, 0.3) is 0 Å². The van der Waals surface area contributed by atoms with Crippen LogP contribution in [-0.4, -0.2) is 37.9 Å². The molecule has 1 aromatic carbocycles. The molecular weight excluding hydrogens is 306 g/mol. The molecule has 0 bridgehead atoms. The van der Waals surface area contributed by atoms with Crippen molar-refractivity contribution in [2.24, 2.45) is 0 Å². The van der Waals surface area contributed by atoms with Crippen LogP contribution in [0.4, 0.5) is 17.6 Å². The summed E-state index contributed by atoms with van der Waals surface area (Å²) in [6.07, 6.45) is -5.12. The van der Waals surface area contributed by atoms with Gasteiger partial charge in [0.1, 0.15) is 10.7 Å². The summed E-state index contributed by atoms with van der Waals surface area (Å²) in [6, 6.07) is 0.0235. The van der Waals surface area contributed by atoms with Gasteiger partial charge < -0.3 is 5.11 Å². The Morgan fingerprint density at radius 1 is 1.25 bits per heavy atom. The van der Waals surface area contributed by atoms with E-state index in [4.69, 9.17) is 5.11 Å². The van der Waals surface area contributed by atoms with Gasteiger partial charge in [-0.25, -0.2) is 21.9 Å². The molecule has 0 amide bonds. The molecule has 1 N–H and O–H groups in total. The van der Waals surface area contributed by atoms with Crippen molar-refractivity contribution in [3.05, 3.63) is 29.1 Å². The maximum atomic E-state index is 13.6. The summed E-state index contributed by atoms with van der Waals surface area (Å²) in [4.78, 5) is 9.67.